The molecule has 0 spiro atoms. The third-order valence-electron chi connectivity index (χ3n) is 3.54. The Balaban J connectivity index is 1.81. The summed E-state index contributed by atoms with van der Waals surface area (Å²) in [6.45, 7) is 7.45. The molecule has 0 bridgehead atoms. The van der Waals surface area contributed by atoms with Crippen molar-refractivity contribution in [1.29, 1.82) is 0 Å². The van der Waals surface area contributed by atoms with Crippen LogP contribution in [0.4, 0.5) is 0 Å². The molecule has 0 saturated carbocycles. The van der Waals surface area contributed by atoms with Gasteiger partial charge >= 0.3 is 0 Å². The molecule has 1 fully saturated rings. The zero-order valence-corrected chi connectivity index (χ0v) is 13.4. The minimum atomic E-state index is -2.84. The van der Waals surface area contributed by atoms with E-state index in [1.165, 1.54) is 5.56 Å². The molecule has 1 aromatic rings. The molecule has 0 aromatic carbocycles. The lowest BCUT2D eigenvalue weighted by molar-refractivity contribution is 0.422. The molecule has 2 rings (SSSR count). The zero-order valence-electron chi connectivity index (χ0n) is 12.6. The Hall–Kier alpha value is -0.880. The van der Waals surface area contributed by atoms with Gasteiger partial charge in [0, 0.05) is 11.7 Å². The van der Waals surface area contributed by atoms with Gasteiger partial charge in [0.25, 0.3) is 0 Å². The first kappa shape index (κ1) is 15.5. The predicted molar refractivity (Wildman–Crippen MR) is 80.6 cm³/mol. The molecule has 20 heavy (non-hydrogen) atoms. The summed E-state index contributed by atoms with van der Waals surface area (Å²) in [5.41, 5.74) is 1.34. The van der Waals surface area contributed by atoms with Gasteiger partial charge in [0.1, 0.15) is 0 Å². The number of rotatable bonds is 5. The number of aryl methyl sites for hydroxylation is 1. The molecular weight excluding hydrogens is 274 g/mol. The van der Waals surface area contributed by atoms with Crippen molar-refractivity contribution in [3.05, 3.63) is 18.0 Å². The quantitative estimate of drug-likeness (QED) is 0.838. The lowest BCUT2D eigenvalue weighted by Crippen LogP contribution is -2.36. The Morgan fingerprint density at radius 1 is 1.45 bits per heavy atom. The fraction of sp³-hybridized carbons (Fsp3) is 0.786. The van der Waals surface area contributed by atoms with Crippen molar-refractivity contribution in [2.24, 2.45) is 0 Å². The molecule has 0 radical (unpaired) electrons. The highest BCUT2D eigenvalue weighted by atomic mass is 32.2. The van der Waals surface area contributed by atoms with Gasteiger partial charge in [0.15, 0.2) is 9.84 Å². The second-order valence-electron chi connectivity index (χ2n) is 6.67. The van der Waals surface area contributed by atoms with Crippen LogP contribution in [0.15, 0.2) is 12.4 Å². The molecule has 0 aliphatic carbocycles. The molecule has 5 nitrogen and oxygen atoms in total. The van der Waals surface area contributed by atoms with Gasteiger partial charge in [0.05, 0.1) is 23.7 Å². The van der Waals surface area contributed by atoms with E-state index in [-0.39, 0.29) is 17.3 Å². The van der Waals surface area contributed by atoms with E-state index in [4.69, 9.17) is 0 Å². The van der Waals surface area contributed by atoms with Crippen LogP contribution >= 0.6 is 0 Å². The van der Waals surface area contributed by atoms with E-state index < -0.39 is 9.84 Å². The minimum Gasteiger partial charge on any atom is -0.312 e. The molecule has 1 aliphatic rings. The summed E-state index contributed by atoms with van der Waals surface area (Å²) >= 11 is 0. The van der Waals surface area contributed by atoms with Gasteiger partial charge < -0.3 is 5.32 Å². The van der Waals surface area contributed by atoms with Crippen molar-refractivity contribution in [3.8, 4) is 0 Å². The van der Waals surface area contributed by atoms with Crippen molar-refractivity contribution in [2.45, 2.75) is 51.6 Å². The summed E-state index contributed by atoms with van der Waals surface area (Å²) in [5, 5.41) is 7.78. The maximum absolute atomic E-state index is 11.5. The first-order chi connectivity index (χ1) is 9.25. The molecule has 1 N–H and O–H groups in total. The largest absolute Gasteiger partial charge is 0.312 e. The van der Waals surface area contributed by atoms with Crippen molar-refractivity contribution in [3.63, 3.8) is 0 Å². The van der Waals surface area contributed by atoms with Crippen LogP contribution in [0.2, 0.25) is 0 Å². The normalized spacial score (nSPS) is 22.2. The van der Waals surface area contributed by atoms with E-state index in [9.17, 15) is 8.42 Å². The van der Waals surface area contributed by atoms with Gasteiger partial charge in [-0.2, -0.15) is 5.10 Å². The van der Waals surface area contributed by atoms with Crippen LogP contribution in [0.1, 0.15) is 45.2 Å². The topological polar surface area (TPSA) is 64.0 Å². The fourth-order valence-electron chi connectivity index (χ4n) is 2.45. The monoisotopic (exact) mass is 299 g/mol. The van der Waals surface area contributed by atoms with Crippen LogP contribution in [-0.2, 0) is 16.3 Å². The van der Waals surface area contributed by atoms with Crippen LogP contribution in [-0.4, -0.2) is 41.8 Å². The standard InChI is InChI=1S/C14H25N3O2S/c1-14(2,3)15-7-4-5-12-9-16-17(10-12)13-6-8-20(18,19)11-13/h9-10,13,15H,4-8,11H2,1-3H3. The third kappa shape index (κ3) is 4.59. The first-order valence-corrected chi connectivity index (χ1v) is 9.06. The molecule has 1 aliphatic heterocycles. The third-order valence-corrected chi connectivity index (χ3v) is 5.29. The minimum absolute atomic E-state index is 0.0291. The smallest absolute Gasteiger partial charge is 0.152 e. The molecule has 114 valence electrons. The highest BCUT2D eigenvalue weighted by molar-refractivity contribution is 7.91. The summed E-state index contributed by atoms with van der Waals surface area (Å²) in [5.74, 6) is 0.530. The Labute approximate surface area is 121 Å². The Morgan fingerprint density at radius 2 is 2.20 bits per heavy atom. The highest BCUT2D eigenvalue weighted by Crippen LogP contribution is 2.23. The Morgan fingerprint density at radius 3 is 2.80 bits per heavy atom. The maximum atomic E-state index is 11.5. The van der Waals surface area contributed by atoms with Crippen molar-refractivity contribution in [2.75, 3.05) is 18.1 Å². The van der Waals surface area contributed by atoms with E-state index in [0.29, 0.717) is 12.2 Å². The average molecular weight is 299 g/mol. The van der Waals surface area contributed by atoms with Gasteiger partial charge in [-0.15, -0.1) is 0 Å². The highest BCUT2D eigenvalue weighted by Gasteiger charge is 2.29. The molecule has 1 aromatic heterocycles. The average Bonchev–Trinajstić information content (AvgIpc) is 2.89. The summed E-state index contributed by atoms with van der Waals surface area (Å²) in [6.07, 6.45) is 6.59. The first-order valence-electron chi connectivity index (χ1n) is 7.24. The number of nitrogens with one attached hydrogen (secondary N) is 1. The van der Waals surface area contributed by atoms with Gasteiger partial charge in [-0.1, -0.05) is 0 Å². The van der Waals surface area contributed by atoms with E-state index >= 15 is 0 Å². The molecular formula is C14H25N3O2S. The maximum Gasteiger partial charge on any atom is 0.152 e. The van der Waals surface area contributed by atoms with Gasteiger partial charge in [-0.25, -0.2) is 8.42 Å². The zero-order chi connectivity index (χ0) is 14.8. The summed E-state index contributed by atoms with van der Waals surface area (Å²) < 4.78 is 24.8. The number of aromatic nitrogens is 2. The second kappa shape index (κ2) is 5.85. The second-order valence-corrected chi connectivity index (χ2v) is 8.89. The summed E-state index contributed by atoms with van der Waals surface area (Å²) in [6, 6.07) is 0.0291. The molecule has 6 heteroatoms. The lowest BCUT2D eigenvalue weighted by atomic mass is 10.1. The lowest BCUT2D eigenvalue weighted by Gasteiger charge is -2.20. The SMILES string of the molecule is CC(C)(C)NCCCc1cnn(C2CCS(=O)(=O)C2)c1. The summed E-state index contributed by atoms with van der Waals surface area (Å²) in [7, 11) is -2.84. The van der Waals surface area contributed by atoms with Crippen molar-refractivity contribution in [1.82, 2.24) is 15.1 Å². The molecule has 1 unspecified atom stereocenters. The number of nitrogens with zero attached hydrogens (tertiary/aromatic N) is 2. The van der Waals surface area contributed by atoms with Gasteiger partial charge in [-0.05, 0) is 52.1 Å². The molecule has 1 atom stereocenters. The van der Waals surface area contributed by atoms with E-state index in [0.717, 1.165) is 19.4 Å². The Kier molecular flexibility index (Phi) is 4.54. The molecule has 0 amide bonds. The predicted octanol–water partition coefficient (Wildman–Crippen LogP) is 1.56. The number of hydrogen-bond acceptors (Lipinski definition) is 4. The molecule has 1 saturated heterocycles. The fourth-order valence-corrected chi connectivity index (χ4v) is 4.15. The number of hydrogen-bond donors (Lipinski definition) is 1. The van der Waals surface area contributed by atoms with Crippen LogP contribution < -0.4 is 5.32 Å². The van der Waals surface area contributed by atoms with Gasteiger partial charge in [-0.3, -0.25) is 4.68 Å². The van der Waals surface area contributed by atoms with Crippen molar-refractivity contribution < 1.29 is 8.42 Å². The van der Waals surface area contributed by atoms with E-state index in [1.807, 2.05) is 17.1 Å². The van der Waals surface area contributed by atoms with Crippen LogP contribution in [0.3, 0.4) is 0 Å². The van der Waals surface area contributed by atoms with E-state index in [2.05, 4.69) is 31.2 Å². The van der Waals surface area contributed by atoms with Gasteiger partial charge in [0.2, 0.25) is 0 Å². The van der Waals surface area contributed by atoms with Crippen LogP contribution in [0, 0.1) is 0 Å². The summed E-state index contributed by atoms with van der Waals surface area (Å²) in [4.78, 5) is 0. The van der Waals surface area contributed by atoms with Crippen LogP contribution in [0.25, 0.3) is 0 Å². The van der Waals surface area contributed by atoms with Crippen LogP contribution in [0.5, 0.6) is 0 Å². The van der Waals surface area contributed by atoms with E-state index in [1.54, 1.807) is 0 Å². The van der Waals surface area contributed by atoms with Crippen molar-refractivity contribution >= 4 is 9.84 Å². The Bertz CT molecular complexity index is 543. The molecule has 2 heterocycles. The number of sulfone groups is 1.